The van der Waals surface area contributed by atoms with Crippen LogP contribution in [0.25, 0.3) is 10.9 Å². The second-order valence-corrected chi connectivity index (χ2v) is 8.85. The van der Waals surface area contributed by atoms with Gasteiger partial charge in [0.05, 0.1) is 24.5 Å². The van der Waals surface area contributed by atoms with Crippen LogP contribution in [0.1, 0.15) is 11.1 Å². The Morgan fingerprint density at radius 1 is 1.25 bits per heavy atom. The van der Waals surface area contributed by atoms with Crippen LogP contribution >= 0.6 is 0 Å². The molecule has 1 spiro atoms. The molecule has 0 saturated carbocycles. The van der Waals surface area contributed by atoms with E-state index >= 15 is 0 Å². The fourth-order valence-electron chi connectivity index (χ4n) is 5.50. The lowest BCUT2D eigenvalue weighted by Gasteiger charge is -2.23. The number of amides is 2. The molecule has 2 saturated heterocycles. The van der Waals surface area contributed by atoms with Crippen molar-refractivity contribution in [3.05, 3.63) is 78.3 Å². The first kappa shape index (κ1) is 19.3. The Balaban J connectivity index is 1.15. The van der Waals surface area contributed by atoms with Gasteiger partial charge < -0.3 is 19.9 Å². The average molecular weight is 428 g/mol. The van der Waals surface area contributed by atoms with E-state index in [0.29, 0.717) is 19.6 Å². The lowest BCUT2D eigenvalue weighted by Crippen LogP contribution is -2.44. The normalized spacial score (nSPS) is 27.9. The number of rotatable bonds is 6. The number of hydrogen-bond acceptors (Lipinski definition) is 4. The molecule has 7 nitrogen and oxygen atoms in total. The molecule has 162 valence electrons. The summed E-state index contributed by atoms with van der Waals surface area (Å²) in [5, 5.41) is 4.23. The highest BCUT2D eigenvalue weighted by Crippen LogP contribution is 2.52. The maximum atomic E-state index is 13.3. The monoisotopic (exact) mass is 428 g/mol. The number of para-hydroxylation sites is 1. The number of carbonyl (C=O) groups is 2. The molecule has 0 radical (unpaired) electrons. The van der Waals surface area contributed by atoms with Crippen molar-refractivity contribution >= 4 is 22.7 Å². The summed E-state index contributed by atoms with van der Waals surface area (Å²) in [5.41, 5.74) is 2.59. The molecule has 2 fully saturated rings. The fraction of sp³-hybridized carbons (Fsp3) is 0.320. The van der Waals surface area contributed by atoms with E-state index in [2.05, 4.69) is 21.4 Å². The minimum absolute atomic E-state index is 0.00885. The third-order valence-electron chi connectivity index (χ3n) is 6.97. The van der Waals surface area contributed by atoms with Crippen molar-refractivity contribution in [1.82, 2.24) is 20.2 Å². The standard InChI is InChI=1S/C25H24N4O3/c30-23(27-12-8-17-13-28-19-4-2-1-3-18(17)19)21-20-5-9-25(32-20)15-29(24(31)22(21)25)14-16-6-10-26-11-7-16/h1-7,9-11,13,20-22,28H,8,12,14-15H2,(H,27,30)/t20-,21-,22-,25+/m1/s1. The quantitative estimate of drug-likeness (QED) is 0.590. The zero-order valence-electron chi connectivity index (χ0n) is 17.5. The molecular formula is C25H24N4O3. The molecule has 2 N–H and O–H groups in total. The van der Waals surface area contributed by atoms with Gasteiger partial charge in [0, 0.05) is 42.6 Å². The molecule has 3 aliphatic heterocycles. The van der Waals surface area contributed by atoms with Gasteiger partial charge in [-0.25, -0.2) is 0 Å². The van der Waals surface area contributed by atoms with Gasteiger partial charge in [-0.1, -0.05) is 30.4 Å². The van der Waals surface area contributed by atoms with Crippen LogP contribution in [-0.2, 0) is 27.3 Å². The van der Waals surface area contributed by atoms with Crippen molar-refractivity contribution in [2.45, 2.75) is 24.7 Å². The Morgan fingerprint density at radius 2 is 2.09 bits per heavy atom. The third kappa shape index (κ3) is 2.96. The SMILES string of the molecule is O=C(NCCc1c[nH]c2ccccc12)[C@@H]1[C@H]2C=C[C@@]3(CN(Cc4ccncc4)C(=O)[C@@H]13)O2. The summed E-state index contributed by atoms with van der Waals surface area (Å²) in [6.45, 7) is 1.49. The van der Waals surface area contributed by atoms with Crippen LogP contribution in [-0.4, -0.2) is 51.5 Å². The van der Waals surface area contributed by atoms with E-state index < -0.39 is 17.4 Å². The van der Waals surface area contributed by atoms with Gasteiger partial charge in [0.1, 0.15) is 5.60 Å². The Kier molecular flexibility index (Phi) is 4.40. The molecule has 2 bridgehead atoms. The molecule has 7 heteroatoms. The Labute approximate surface area is 185 Å². The van der Waals surface area contributed by atoms with E-state index in [4.69, 9.17) is 4.74 Å². The number of H-pyrrole nitrogens is 1. The summed E-state index contributed by atoms with van der Waals surface area (Å²) in [7, 11) is 0. The zero-order valence-corrected chi connectivity index (χ0v) is 17.5. The fourth-order valence-corrected chi connectivity index (χ4v) is 5.50. The van der Waals surface area contributed by atoms with Gasteiger partial charge in [-0.05, 0) is 35.7 Å². The van der Waals surface area contributed by atoms with E-state index in [1.807, 2.05) is 48.7 Å². The van der Waals surface area contributed by atoms with Gasteiger partial charge in [-0.2, -0.15) is 0 Å². The molecule has 3 aromatic rings. The van der Waals surface area contributed by atoms with Crippen molar-refractivity contribution in [3.8, 4) is 0 Å². The van der Waals surface area contributed by atoms with E-state index in [1.165, 1.54) is 10.9 Å². The number of likely N-dealkylation sites (tertiary alicyclic amines) is 1. The molecule has 32 heavy (non-hydrogen) atoms. The number of ether oxygens (including phenoxy) is 1. The number of carbonyl (C=O) groups excluding carboxylic acids is 2. The minimum atomic E-state index is -0.687. The predicted molar refractivity (Wildman–Crippen MR) is 118 cm³/mol. The molecular weight excluding hydrogens is 404 g/mol. The summed E-state index contributed by atoms with van der Waals surface area (Å²) in [4.78, 5) is 35.6. The molecule has 0 aliphatic carbocycles. The molecule has 2 amide bonds. The highest BCUT2D eigenvalue weighted by molar-refractivity contribution is 5.93. The van der Waals surface area contributed by atoms with Crippen molar-refractivity contribution in [1.29, 1.82) is 0 Å². The second kappa shape index (κ2) is 7.31. The summed E-state index contributed by atoms with van der Waals surface area (Å²) >= 11 is 0. The first-order chi connectivity index (χ1) is 15.6. The van der Waals surface area contributed by atoms with Gasteiger partial charge in [0.25, 0.3) is 0 Å². The highest BCUT2D eigenvalue weighted by atomic mass is 16.5. The molecule has 2 aromatic heterocycles. The van der Waals surface area contributed by atoms with Crippen molar-refractivity contribution in [2.75, 3.05) is 13.1 Å². The smallest absolute Gasteiger partial charge is 0.230 e. The minimum Gasteiger partial charge on any atom is -0.361 e. The van der Waals surface area contributed by atoms with Crippen LogP contribution in [0.2, 0.25) is 0 Å². The summed E-state index contributed by atoms with van der Waals surface area (Å²) in [6, 6.07) is 11.9. The van der Waals surface area contributed by atoms with Crippen molar-refractivity contribution in [2.24, 2.45) is 11.8 Å². The third-order valence-corrected chi connectivity index (χ3v) is 6.97. The molecule has 4 atom stereocenters. The van der Waals surface area contributed by atoms with Gasteiger partial charge in [0.15, 0.2) is 0 Å². The Bertz CT molecular complexity index is 1220. The number of nitrogens with zero attached hydrogens (tertiary/aromatic N) is 2. The van der Waals surface area contributed by atoms with Crippen LogP contribution in [0.4, 0.5) is 0 Å². The number of fused-ring (bicyclic) bond motifs is 2. The highest BCUT2D eigenvalue weighted by Gasteiger charge is 2.66. The summed E-state index contributed by atoms with van der Waals surface area (Å²) < 4.78 is 6.21. The van der Waals surface area contributed by atoms with E-state index in [0.717, 1.165) is 17.5 Å². The van der Waals surface area contributed by atoms with Gasteiger partial charge in [-0.15, -0.1) is 0 Å². The van der Waals surface area contributed by atoms with Gasteiger partial charge in [-0.3, -0.25) is 14.6 Å². The topological polar surface area (TPSA) is 87.3 Å². The number of hydrogen-bond donors (Lipinski definition) is 2. The van der Waals surface area contributed by atoms with E-state index in [9.17, 15) is 9.59 Å². The van der Waals surface area contributed by atoms with Crippen molar-refractivity contribution < 1.29 is 14.3 Å². The summed E-state index contributed by atoms with van der Waals surface area (Å²) in [6.07, 6.45) is 9.77. The van der Waals surface area contributed by atoms with Crippen LogP contribution in [0.5, 0.6) is 0 Å². The number of benzene rings is 1. The number of nitrogens with one attached hydrogen (secondary N) is 2. The van der Waals surface area contributed by atoms with E-state index in [1.54, 1.807) is 17.3 Å². The Hall–Kier alpha value is -3.45. The summed E-state index contributed by atoms with van der Waals surface area (Å²) in [5.74, 6) is -1.07. The number of aromatic amines is 1. The van der Waals surface area contributed by atoms with E-state index in [-0.39, 0.29) is 17.9 Å². The second-order valence-electron chi connectivity index (χ2n) is 8.85. The molecule has 6 rings (SSSR count). The molecule has 1 aromatic carbocycles. The lowest BCUT2D eigenvalue weighted by molar-refractivity contribution is -0.137. The van der Waals surface area contributed by atoms with Gasteiger partial charge in [0.2, 0.25) is 11.8 Å². The Morgan fingerprint density at radius 3 is 2.97 bits per heavy atom. The maximum Gasteiger partial charge on any atom is 0.230 e. The number of aromatic nitrogens is 2. The number of pyridine rings is 1. The van der Waals surface area contributed by atoms with Gasteiger partial charge >= 0.3 is 0 Å². The lowest BCUT2D eigenvalue weighted by atomic mass is 9.77. The first-order valence-corrected chi connectivity index (χ1v) is 11.0. The van der Waals surface area contributed by atoms with Crippen LogP contribution in [0.3, 0.4) is 0 Å². The largest absolute Gasteiger partial charge is 0.361 e. The van der Waals surface area contributed by atoms with Crippen LogP contribution in [0.15, 0.2) is 67.1 Å². The van der Waals surface area contributed by atoms with Crippen LogP contribution < -0.4 is 5.32 Å². The maximum absolute atomic E-state index is 13.3. The van der Waals surface area contributed by atoms with Crippen LogP contribution in [0, 0.1) is 11.8 Å². The zero-order chi connectivity index (χ0) is 21.7. The predicted octanol–water partition coefficient (Wildman–Crippen LogP) is 2.20. The molecule has 0 unspecified atom stereocenters. The first-order valence-electron chi connectivity index (χ1n) is 11.0. The molecule has 5 heterocycles. The molecule has 3 aliphatic rings. The average Bonchev–Trinajstić information content (AvgIpc) is 3.55. The van der Waals surface area contributed by atoms with Crippen molar-refractivity contribution in [3.63, 3.8) is 0 Å².